The summed E-state index contributed by atoms with van der Waals surface area (Å²) in [6, 6.07) is 9.77. The Morgan fingerprint density at radius 3 is 2.79 bits per heavy atom. The molecule has 2 N–H and O–H groups in total. The number of pyridine rings is 1. The lowest BCUT2D eigenvalue weighted by Gasteiger charge is -2.10. The van der Waals surface area contributed by atoms with Crippen LogP contribution in [0, 0.1) is 5.82 Å². The Kier molecular flexibility index (Phi) is 2.76. The number of hydrogen-bond donors (Lipinski definition) is 1. The van der Waals surface area contributed by atoms with Crippen molar-refractivity contribution in [3.63, 3.8) is 0 Å². The largest absolute Gasteiger partial charge is 0.322 e. The monoisotopic (exact) mass is 256 g/mol. The molecule has 0 bridgehead atoms. The van der Waals surface area contributed by atoms with Gasteiger partial charge in [0.15, 0.2) is 0 Å². The van der Waals surface area contributed by atoms with Gasteiger partial charge in [0.1, 0.15) is 17.5 Å². The molecule has 1 atom stereocenters. The zero-order valence-electron chi connectivity index (χ0n) is 10.4. The minimum atomic E-state index is -0.305. The van der Waals surface area contributed by atoms with Gasteiger partial charge in [0, 0.05) is 12.3 Å². The van der Waals surface area contributed by atoms with E-state index in [0.717, 1.165) is 0 Å². The molecule has 0 aliphatic heterocycles. The SMILES string of the molecule is C[C@H](N)c1nc2ccc(F)cc2n1-c1ccccn1. The fraction of sp³-hybridized carbons (Fsp3) is 0.143. The molecule has 19 heavy (non-hydrogen) atoms. The van der Waals surface area contributed by atoms with E-state index in [-0.39, 0.29) is 11.9 Å². The van der Waals surface area contributed by atoms with Gasteiger partial charge >= 0.3 is 0 Å². The lowest BCUT2D eigenvalue weighted by atomic mass is 10.3. The summed E-state index contributed by atoms with van der Waals surface area (Å²) in [4.78, 5) is 8.75. The second-order valence-electron chi connectivity index (χ2n) is 4.42. The highest BCUT2D eigenvalue weighted by molar-refractivity contribution is 5.78. The fourth-order valence-electron chi connectivity index (χ4n) is 2.10. The van der Waals surface area contributed by atoms with Crippen LogP contribution in [0.15, 0.2) is 42.6 Å². The molecule has 3 aromatic rings. The summed E-state index contributed by atoms with van der Waals surface area (Å²) in [5.74, 6) is 1.04. The molecule has 3 rings (SSSR count). The highest BCUT2D eigenvalue weighted by Gasteiger charge is 2.16. The quantitative estimate of drug-likeness (QED) is 0.766. The molecule has 0 saturated heterocycles. The normalized spacial score (nSPS) is 12.8. The Labute approximate surface area is 109 Å². The number of benzene rings is 1. The van der Waals surface area contributed by atoms with Crippen molar-refractivity contribution in [2.24, 2.45) is 5.73 Å². The van der Waals surface area contributed by atoms with Gasteiger partial charge in [0.25, 0.3) is 0 Å². The van der Waals surface area contributed by atoms with Crippen molar-refractivity contribution >= 4 is 11.0 Å². The van der Waals surface area contributed by atoms with E-state index in [4.69, 9.17) is 5.73 Å². The maximum absolute atomic E-state index is 13.4. The summed E-state index contributed by atoms with van der Waals surface area (Å²) in [5, 5.41) is 0. The van der Waals surface area contributed by atoms with Crippen molar-refractivity contribution in [3.05, 3.63) is 54.2 Å². The first kappa shape index (κ1) is 11.8. The second kappa shape index (κ2) is 4.44. The molecular weight excluding hydrogens is 243 g/mol. The third kappa shape index (κ3) is 1.98. The molecule has 96 valence electrons. The van der Waals surface area contributed by atoms with E-state index in [1.807, 2.05) is 25.1 Å². The van der Waals surface area contributed by atoms with Gasteiger partial charge in [0.05, 0.1) is 17.1 Å². The average molecular weight is 256 g/mol. The van der Waals surface area contributed by atoms with Gasteiger partial charge in [0.2, 0.25) is 0 Å². The van der Waals surface area contributed by atoms with Crippen LogP contribution >= 0.6 is 0 Å². The molecule has 0 aliphatic rings. The third-order valence-corrected chi connectivity index (χ3v) is 2.93. The Morgan fingerprint density at radius 1 is 1.26 bits per heavy atom. The molecule has 4 nitrogen and oxygen atoms in total. The summed E-state index contributed by atoms with van der Waals surface area (Å²) < 4.78 is 15.2. The van der Waals surface area contributed by atoms with E-state index in [0.29, 0.717) is 22.7 Å². The van der Waals surface area contributed by atoms with Crippen molar-refractivity contribution in [2.75, 3.05) is 0 Å². The van der Waals surface area contributed by atoms with Crippen LogP contribution in [0.1, 0.15) is 18.8 Å². The van der Waals surface area contributed by atoms with Crippen LogP contribution in [0.4, 0.5) is 4.39 Å². The number of nitrogens with zero attached hydrogens (tertiary/aromatic N) is 3. The molecule has 0 radical (unpaired) electrons. The predicted octanol–water partition coefficient (Wildman–Crippen LogP) is 2.58. The Balaban J connectivity index is 2.36. The molecule has 1 aromatic carbocycles. The highest BCUT2D eigenvalue weighted by atomic mass is 19.1. The first-order valence-electron chi connectivity index (χ1n) is 6.01. The smallest absolute Gasteiger partial charge is 0.138 e. The zero-order valence-corrected chi connectivity index (χ0v) is 10.4. The van der Waals surface area contributed by atoms with Crippen molar-refractivity contribution in [2.45, 2.75) is 13.0 Å². The van der Waals surface area contributed by atoms with Crippen LogP contribution in [0.3, 0.4) is 0 Å². The Morgan fingerprint density at radius 2 is 2.11 bits per heavy atom. The average Bonchev–Trinajstić information content (AvgIpc) is 2.78. The molecule has 2 aromatic heterocycles. The molecule has 0 spiro atoms. The van der Waals surface area contributed by atoms with Gasteiger partial charge in [-0.05, 0) is 31.2 Å². The van der Waals surface area contributed by atoms with Crippen LogP contribution in [-0.4, -0.2) is 14.5 Å². The van der Waals surface area contributed by atoms with Crippen molar-refractivity contribution < 1.29 is 4.39 Å². The minimum Gasteiger partial charge on any atom is -0.322 e. The summed E-state index contributed by atoms with van der Waals surface area (Å²) in [5.41, 5.74) is 7.33. The van der Waals surface area contributed by atoms with Gasteiger partial charge in [-0.3, -0.25) is 4.57 Å². The van der Waals surface area contributed by atoms with Gasteiger partial charge in [-0.15, -0.1) is 0 Å². The van der Waals surface area contributed by atoms with Gasteiger partial charge < -0.3 is 5.73 Å². The molecule has 0 amide bonds. The maximum atomic E-state index is 13.4. The van der Waals surface area contributed by atoms with Crippen LogP contribution < -0.4 is 5.73 Å². The number of nitrogens with two attached hydrogens (primary N) is 1. The Hall–Kier alpha value is -2.27. The number of fused-ring (bicyclic) bond motifs is 1. The fourth-order valence-corrected chi connectivity index (χ4v) is 2.10. The van der Waals surface area contributed by atoms with Gasteiger partial charge in [-0.2, -0.15) is 0 Å². The zero-order chi connectivity index (χ0) is 13.4. The van der Waals surface area contributed by atoms with E-state index < -0.39 is 0 Å². The summed E-state index contributed by atoms with van der Waals surface area (Å²) in [6.45, 7) is 1.84. The number of rotatable bonds is 2. The highest BCUT2D eigenvalue weighted by Crippen LogP contribution is 2.24. The molecule has 0 fully saturated rings. The molecule has 0 unspecified atom stereocenters. The van der Waals surface area contributed by atoms with E-state index in [1.54, 1.807) is 16.8 Å². The van der Waals surface area contributed by atoms with E-state index in [9.17, 15) is 4.39 Å². The van der Waals surface area contributed by atoms with Crippen molar-refractivity contribution in [1.82, 2.24) is 14.5 Å². The third-order valence-electron chi connectivity index (χ3n) is 2.93. The molecule has 0 saturated carbocycles. The minimum absolute atomic E-state index is 0.266. The van der Waals surface area contributed by atoms with E-state index in [2.05, 4.69) is 9.97 Å². The molecular formula is C14H13FN4. The van der Waals surface area contributed by atoms with Crippen LogP contribution in [0.2, 0.25) is 0 Å². The summed E-state index contributed by atoms with van der Waals surface area (Å²) in [7, 11) is 0. The van der Waals surface area contributed by atoms with E-state index >= 15 is 0 Å². The summed E-state index contributed by atoms with van der Waals surface area (Å²) in [6.07, 6.45) is 1.69. The number of hydrogen-bond acceptors (Lipinski definition) is 3. The van der Waals surface area contributed by atoms with Crippen LogP contribution in [0.25, 0.3) is 16.9 Å². The standard InChI is InChI=1S/C14H13FN4/c1-9(16)14-18-11-6-5-10(15)8-12(11)19(14)13-4-2-3-7-17-13/h2-9H,16H2,1H3/t9-/m0/s1. The topological polar surface area (TPSA) is 56.7 Å². The lowest BCUT2D eigenvalue weighted by Crippen LogP contribution is -2.13. The van der Waals surface area contributed by atoms with Gasteiger partial charge in [-0.1, -0.05) is 6.07 Å². The van der Waals surface area contributed by atoms with E-state index in [1.165, 1.54) is 12.1 Å². The predicted molar refractivity (Wildman–Crippen MR) is 71.4 cm³/mol. The second-order valence-corrected chi connectivity index (χ2v) is 4.42. The molecule has 5 heteroatoms. The van der Waals surface area contributed by atoms with Crippen LogP contribution in [0.5, 0.6) is 0 Å². The van der Waals surface area contributed by atoms with Crippen molar-refractivity contribution in [3.8, 4) is 5.82 Å². The number of halogens is 1. The number of aromatic nitrogens is 3. The summed E-state index contributed by atoms with van der Waals surface area (Å²) >= 11 is 0. The first-order chi connectivity index (χ1) is 9.16. The van der Waals surface area contributed by atoms with Crippen LogP contribution in [-0.2, 0) is 0 Å². The number of imidazole rings is 1. The maximum Gasteiger partial charge on any atom is 0.138 e. The first-order valence-corrected chi connectivity index (χ1v) is 6.01. The van der Waals surface area contributed by atoms with Gasteiger partial charge in [-0.25, -0.2) is 14.4 Å². The lowest BCUT2D eigenvalue weighted by molar-refractivity contribution is 0.629. The Bertz CT molecular complexity index is 719. The molecule has 2 heterocycles. The molecule has 0 aliphatic carbocycles. The van der Waals surface area contributed by atoms with Crippen molar-refractivity contribution in [1.29, 1.82) is 0 Å².